The molecule has 0 saturated heterocycles. The topological polar surface area (TPSA) is 101 Å². The second-order valence-corrected chi connectivity index (χ2v) is 14.6. The van der Waals surface area contributed by atoms with Gasteiger partial charge in [-0.05, 0) is 96.9 Å². The van der Waals surface area contributed by atoms with Gasteiger partial charge < -0.3 is 25.5 Å². The van der Waals surface area contributed by atoms with E-state index in [0.29, 0.717) is 12.3 Å². The summed E-state index contributed by atoms with van der Waals surface area (Å²) in [6, 6.07) is 0. The van der Waals surface area contributed by atoms with Crippen LogP contribution in [0, 0.1) is 44.3 Å². The van der Waals surface area contributed by atoms with Gasteiger partial charge in [-0.2, -0.15) is 0 Å². The molecule has 4 fully saturated rings. The van der Waals surface area contributed by atoms with Gasteiger partial charge in [0.15, 0.2) is 0 Å². The summed E-state index contributed by atoms with van der Waals surface area (Å²) in [7, 11) is 0. The molecule has 1 spiro atoms. The second kappa shape index (κ2) is 7.54. The Bertz CT molecular complexity index is 873. The fourth-order valence-corrected chi connectivity index (χ4v) is 10.7. The third-order valence-electron chi connectivity index (χ3n) is 13.0. The minimum Gasteiger partial charge on any atom is -0.396 e. The van der Waals surface area contributed by atoms with Crippen LogP contribution in [0.3, 0.4) is 0 Å². The number of fused-ring (bicyclic) bond motifs is 5. The van der Waals surface area contributed by atoms with Crippen LogP contribution in [0.25, 0.3) is 0 Å². The molecule has 0 aromatic carbocycles. The lowest BCUT2D eigenvalue weighted by Crippen LogP contribution is -2.68. The molecule has 194 valence electrons. The Hall–Kier alpha value is -0.460. The average Bonchev–Trinajstić information content (AvgIpc) is 3.14. The Morgan fingerprint density at radius 2 is 1.53 bits per heavy atom. The first-order chi connectivity index (χ1) is 15.8. The summed E-state index contributed by atoms with van der Waals surface area (Å²) in [4.78, 5) is 0. The van der Waals surface area contributed by atoms with Crippen molar-refractivity contribution >= 4 is 0 Å². The lowest BCUT2D eigenvalue weighted by Gasteiger charge is -2.70. The molecule has 4 saturated carbocycles. The Morgan fingerprint density at radius 3 is 2.15 bits per heavy atom. The van der Waals surface area contributed by atoms with Gasteiger partial charge in [0.25, 0.3) is 0 Å². The first-order valence-electron chi connectivity index (χ1n) is 13.7. The monoisotopic (exact) mass is 476 g/mol. The SMILES string of the molecule is CC1(CO)CCC2(CCC3(C)C(=CCC4C5(C)CC(O)C(O)C(C)(CO)C5CCC43C)C2O)C1. The van der Waals surface area contributed by atoms with E-state index in [1.165, 1.54) is 5.57 Å². The third kappa shape index (κ3) is 2.91. The minimum absolute atomic E-state index is 0.0117. The van der Waals surface area contributed by atoms with Crippen molar-refractivity contribution in [2.45, 2.75) is 111 Å². The lowest BCUT2D eigenvalue weighted by molar-refractivity contribution is -0.243. The number of allylic oxidation sites excluding steroid dienone is 1. The summed E-state index contributed by atoms with van der Waals surface area (Å²) in [5, 5.41) is 54.1. The van der Waals surface area contributed by atoms with Gasteiger partial charge in [-0.3, -0.25) is 0 Å². The highest BCUT2D eigenvalue weighted by Crippen LogP contribution is 2.74. The number of hydrogen-bond donors (Lipinski definition) is 5. The van der Waals surface area contributed by atoms with Crippen LogP contribution in [0.5, 0.6) is 0 Å². The van der Waals surface area contributed by atoms with E-state index in [2.05, 4.69) is 33.8 Å². The predicted molar refractivity (Wildman–Crippen MR) is 132 cm³/mol. The maximum atomic E-state index is 11.9. The second-order valence-electron chi connectivity index (χ2n) is 14.6. The van der Waals surface area contributed by atoms with Gasteiger partial charge in [0.05, 0.1) is 24.9 Å². The molecule has 0 aliphatic heterocycles. The summed E-state index contributed by atoms with van der Waals surface area (Å²) in [5.74, 6) is 0.480. The zero-order valence-electron chi connectivity index (χ0n) is 22.0. The van der Waals surface area contributed by atoms with Crippen molar-refractivity contribution in [1.29, 1.82) is 0 Å². The van der Waals surface area contributed by atoms with E-state index >= 15 is 0 Å². The van der Waals surface area contributed by atoms with E-state index in [0.717, 1.165) is 51.4 Å². The summed E-state index contributed by atoms with van der Waals surface area (Å²) in [5.41, 5.74) is 0.0162. The fraction of sp³-hybridized carbons (Fsp3) is 0.931. The van der Waals surface area contributed by atoms with Crippen LogP contribution < -0.4 is 0 Å². The Kier molecular flexibility index (Phi) is 5.59. The van der Waals surface area contributed by atoms with E-state index in [-0.39, 0.29) is 46.2 Å². The van der Waals surface area contributed by atoms with Gasteiger partial charge in [-0.25, -0.2) is 0 Å². The van der Waals surface area contributed by atoms with Crippen LogP contribution in [-0.2, 0) is 0 Å². The molecular weight excluding hydrogens is 428 g/mol. The van der Waals surface area contributed by atoms with Crippen LogP contribution in [-0.4, -0.2) is 57.1 Å². The Balaban J connectivity index is 1.54. The van der Waals surface area contributed by atoms with Crippen molar-refractivity contribution < 1.29 is 25.5 Å². The number of aliphatic hydroxyl groups is 5. The zero-order chi connectivity index (χ0) is 24.9. The molecule has 34 heavy (non-hydrogen) atoms. The van der Waals surface area contributed by atoms with Crippen LogP contribution in [0.1, 0.15) is 92.4 Å². The van der Waals surface area contributed by atoms with Crippen LogP contribution >= 0.6 is 0 Å². The highest BCUT2D eigenvalue weighted by molar-refractivity contribution is 5.34. The molecule has 5 rings (SSSR count). The van der Waals surface area contributed by atoms with Crippen LogP contribution in [0.2, 0.25) is 0 Å². The molecule has 5 aliphatic carbocycles. The summed E-state index contributed by atoms with van der Waals surface area (Å²) >= 11 is 0. The van der Waals surface area contributed by atoms with Gasteiger partial charge in [-0.1, -0.05) is 40.7 Å². The minimum atomic E-state index is -0.898. The Morgan fingerprint density at radius 1 is 0.853 bits per heavy atom. The van der Waals surface area contributed by atoms with Gasteiger partial charge in [-0.15, -0.1) is 0 Å². The van der Waals surface area contributed by atoms with E-state index in [1.54, 1.807) is 0 Å². The van der Waals surface area contributed by atoms with E-state index in [9.17, 15) is 25.5 Å². The van der Waals surface area contributed by atoms with Crippen molar-refractivity contribution in [2.24, 2.45) is 44.3 Å². The quantitative estimate of drug-likeness (QED) is 0.390. The summed E-state index contributed by atoms with van der Waals surface area (Å²) in [6.07, 6.45) is 8.44. The molecule has 5 aliphatic rings. The van der Waals surface area contributed by atoms with Crippen molar-refractivity contribution in [3.63, 3.8) is 0 Å². The highest BCUT2D eigenvalue weighted by atomic mass is 16.3. The van der Waals surface area contributed by atoms with Gasteiger partial charge in [0.2, 0.25) is 0 Å². The molecule has 0 heterocycles. The smallest absolute Gasteiger partial charge is 0.0877 e. The molecule has 5 nitrogen and oxygen atoms in total. The standard InChI is InChI=1S/C29H48O5/c1-24(16-30)10-12-29(15-24)13-11-27(4)18(22(29)33)6-7-21-25(2)14-19(32)23(34)26(3,17-31)20(25)8-9-28(21,27)5/h6,19-23,30-34H,7-17H2,1-5H3. The average molecular weight is 477 g/mol. The largest absolute Gasteiger partial charge is 0.396 e. The first-order valence-corrected chi connectivity index (χ1v) is 13.7. The van der Waals surface area contributed by atoms with Crippen LogP contribution in [0.4, 0.5) is 0 Å². The van der Waals surface area contributed by atoms with Crippen molar-refractivity contribution in [2.75, 3.05) is 13.2 Å². The number of aliphatic hydroxyl groups excluding tert-OH is 5. The molecule has 0 aromatic rings. The number of hydrogen-bond acceptors (Lipinski definition) is 5. The molecule has 5 heteroatoms. The summed E-state index contributed by atoms with van der Waals surface area (Å²) in [6.45, 7) is 11.3. The maximum Gasteiger partial charge on any atom is 0.0877 e. The molecule has 0 amide bonds. The summed E-state index contributed by atoms with van der Waals surface area (Å²) < 4.78 is 0. The highest BCUT2D eigenvalue weighted by Gasteiger charge is 2.69. The van der Waals surface area contributed by atoms with Gasteiger partial charge >= 0.3 is 0 Å². The molecule has 11 atom stereocenters. The van der Waals surface area contributed by atoms with Crippen LogP contribution in [0.15, 0.2) is 11.6 Å². The lowest BCUT2D eigenvalue weighted by atomic mass is 9.34. The third-order valence-corrected chi connectivity index (χ3v) is 13.0. The fourth-order valence-electron chi connectivity index (χ4n) is 10.7. The normalized spacial score (nSPS) is 59.2. The van der Waals surface area contributed by atoms with E-state index in [1.807, 2.05) is 6.92 Å². The van der Waals surface area contributed by atoms with Crippen molar-refractivity contribution in [1.82, 2.24) is 0 Å². The number of rotatable bonds is 2. The van der Waals surface area contributed by atoms with Gasteiger partial charge in [0.1, 0.15) is 0 Å². The molecule has 11 unspecified atom stereocenters. The van der Waals surface area contributed by atoms with Crippen molar-refractivity contribution in [3.8, 4) is 0 Å². The van der Waals surface area contributed by atoms with E-state index in [4.69, 9.17) is 0 Å². The Labute approximate surface area is 205 Å². The molecule has 0 bridgehead atoms. The molecule has 0 radical (unpaired) electrons. The van der Waals surface area contributed by atoms with Crippen molar-refractivity contribution in [3.05, 3.63) is 11.6 Å². The van der Waals surface area contributed by atoms with Gasteiger partial charge in [0, 0.05) is 17.4 Å². The zero-order valence-corrected chi connectivity index (χ0v) is 22.0. The predicted octanol–water partition coefficient (Wildman–Crippen LogP) is 3.81. The molecular formula is C29H48O5. The molecule has 0 aromatic heterocycles. The maximum absolute atomic E-state index is 11.9. The van der Waals surface area contributed by atoms with E-state index < -0.39 is 23.7 Å². The molecule has 5 N–H and O–H groups in total. The first kappa shape index (κ1) is 25.2.